The van der Waals surface area contributed by atoms with Crippen LogP contribution in [0.1, 0.15) is 22.4 Å². The molecule has 4 rings (SSSR count). The fraction of sp³-hybridized carbons (Fsp3) is 0.350. The van der Waals surface area contributed by atoms with Crippen molar-refractivity contribution in [2.75, 3.05) is 31.2 Å². The van der Waals surface area contributed by atoms with E-state index >= 15 is 0 Å². The number of aromatic amines is 1. The number of aromatic nitrogens is 3. The molecule has 3 aromatic rings. The Morgan fingerprint density at radius 2 is 2.07 bits per heavy atom. The summed E-state index contributed by atoms with van der Waals surface area (Å²) in [5, 5.41) is 11.1. The lowest BCUT2D eigenvalue weighted by Crippen LogP contribution is -2.35. The van der Waals surface area contributed by atoms with Crippen molar-refractivity contribution in [3.63, 3.8) is 0 Å². The minimum atomic E-state index is -0.108. The van der Waals surface area contributed by atoms with E-state index in [-0.39, 0.29) is 5.91 Å². The summed E-state index contributed by atoms with van der Waals surface area (Å²) in [5.41, 5.74) is 2.19. The number of carbonyl (C=O) groups excluding carboxylic acids is 1. The van der Waals surface area contributed by atoms with Crippen LogP contribution >= 0.6 is 23.6 Å². The number of morpholine rings is 1. The van der Waals surface area contributed by atoms with Crippen LogP contribution in [0.5, 0.6) is 0 Å². The highest BCUT2D eigenvalue weighted by atomic mass is 32.1. The first kappa shape index (κ1) is 19.8. The number of amides is 1. The summed E-state index contributed by atoms with van der Waals surface area (Å²) >= 11 is 6.73. The second-order valence-electron chi connectivity index (χ2n) is 6.67. The molecule has 1 aromatic carbocycles. The van der Waals surface area contributed by atoms with Crippen LogP contribution in [0, 0.1) is 4.77 Å². The van der Waals surface area contributed by atoms with Gasteiger partial charge in [0.05, 0.1) is 29.6 Å². The summed E-state index contributed by atoms with van der Waals surface area (Å²) in [5.74, 6) is 0.613. The van der Waals surface area contributed by atoms with Crippen LogP contribution in [0.2, 0.25) is 0 Å². The SMILES string of the molecule is CCn1c(CNC(=O)c2cc(-c3ccccc3)c(N3CCOCC3)s2)n[nH]c1=S. The van der Waals surface area contributed by atoms with Gasteiger partial charge in [-0.2, -0.15) is 5.10 Å². The molecule has 0 atom stereocenters. The van der Waals surface area contributed by atoms with Gasteiger partial charge in [-0.15, -0.1) is 11.3 Å². The lowest BCUT2D eigenvalue weighted by atomic mass is 10.1. The van der Waals surface area contributed by atoms with Crippen molar-refractivity contribution in [3.05, 3.63) is 51.9 Å². The van der Waals surface area contributed by atoms with Gasteiger partial charge >= 0.3 is 0 Å². The zero-order valence-electron chi connectivity index (χ0n) is 16.2. The van der Waals surface area contributed by atoms with Gasteiger partial charge in [0.15, 0.2) is 10.6 Å². The summed E-state index contributed by atoms with van der Waals surface area (Å²) < 4.78 is 7.93. The fourth-order valence-electron chi connectivity index (χ4n) is 3.38. The average molecular weight is 430 g/mol. The van der Waals surface area contributed by atoms with E-state index in [9.17, 15) is 4.79 Å². The molecule has 0 spiro atoms. The number of thiophene rings is 1. The number of benzene rings is 1. The van der Waals surface area contributed by atoms with Crippen LogP contribution in [0.4, 0.5) is 5.00 Å². The molecular formula is C20H23N5O2S2. The van der Waals surface area contributed by atoms with E-state index in [0.717, 1.165) is 35.0 Å². The number of nitrogens with one attached hydrogen (secondary N) is 2. The first-order valence-electron chi connectivity index (χ1n) is 9.61. The molecule has 1 fully saturated rings. The van der Waals surface area contributed by atoms with Crippen LogP contribution < -0.4 is 10.2 Å². The van der Waals surface area contributed by atoms with E-state index < -0.39 is 0 Å². The molecule has 0 saturated carbocycles. The van der Waals surface area contributed by atoms with Crippen molar-refractivity contribution >= 4 is 34.5 Å². The predicted molar refractivity (Wildman–Crippen MR) is 117 cm³/mol. The maximum absolute atomic E-state index is 12.9. The Kier molecular flexibility index (Phi) is 6.08. The highest BCUT2D eigenvalue weighted by molar-refractivity contribution is 7.71. The lowest BCUT2D eigenvalue weighted by Gasteiger charge is -2.28. The number of H-pyrrole nitrogens is 1. The molecule has 9 heteroatoms. The molecule has 2 aromatic heterocycles. The van der Waals surface area contributed by atoms with Crippen molar-refractivity contribution in [1.29, 1.82) is 0 Å². The lowest BCUT2D eigenvalue weighted by molar-refractivity contribution is 0.0953. The zero-order valence-corrected chi connectivity index (χ0v) is 17.8. The van der Waals surface area contributed by atoms with Gasteiger partial charge in [-0.05, 0) is 30.8 Å². The number of carbonyl (C=O) groups is 1. The zero-order chi connectivity index (χ0) is 20.2. The van der Waals surface area contributed by atoms with Crippen LogP contribution in [0.25, 0.3) is 11.1 Å². The molecule has 2 N–H and O–H groups in total. The molecule has 0 radical (unpaired) electrons. The molecule has 29 heavy (non-hydrogen) atoms. The van der Waals surface area contributed by atoms with Gasteiger partial charge in [-0.3, -0.25) is 9.89 Å². The molecular weight excluding hydrogens is 406 g/mol. The highest BCUT2D eigenvalue weighted by Gasteiger charge is 2.22. The number of rotatable bonds is 6. The second-order valence-corrected chi connectivity index (χ2v) is 8.08. The Hall–Kier alpha value is -2.49. The summed E-state index contributed by atoms with van der Waals surface area (Å²) in [6, 6.07) is 12.2. The summed E-state index contributed by atoms with van der Waals surface area (Å²) in [6.45, 7) is 6.08. The minimum Gasteiger partial charge on any atom is -0.378 e. The monoisotopic (exact) mass is 429 g/mol. The van der Waals surface area contributed by atoms with E-state index in [2.05, 4.69) is 32.5 Å². The third-order valence-electron chi connectivity index (χ3n) is 4.88. The van der Waals surface area contributed by atoms with Gasteiger partial charge in [0.1, 0.15) is 0 Å². The van der Waals surface area contributed by atoms with E-state index in [1.807, 2.05) is 35.8 Å². The molecule has 0 aliphatic carbocycles. The number of nitrogens with zero attached hydrogens (tertiary/aromatic N) is 3. The third kappa shape index (κ3) is 4.26. The van der Waals surface area contributed by atoms with Crippen molar-refractivity contribution in [2.45, 2.75) is 20.0 Å². The average Bonchev–Trinajstić information content (AvgIpc) is 3.37. The van der Waals surface area contributed by atoms with Crippen molar-refractivity contribution < 1.29 is 9.53 Å². The molecule has 0 bridgehead atoms. The molecule has 0 unspecified atom stereocenters. The Balaban J connectivity index is 1.59. The predicted octanol–water partition coefficient (Wildman–Crippen LogP) is 3.46. The maximum Gasteiger partial charge on any atom is 0.261 e. The second kappa shape index (κ2) is 8.89. The van der Waals surface area contributed by atoms with Crippen LogP contribution in [-0.4, -0.2) is 47.0 Å². The van der Waals surface area contributed by atoms with Crippen LogP contribution in [0.15, 0.2) is 36.4 Å². The third-order valence-corrected chi connectivity index (χ3v) is 6.39. The summed E-state index contributed by atoms with van der Waals surface area (Å²) in [7, 11) is 0. The highest BCUT2D eigenvalue weighted by Crippen LogP contribution is 2.39. The summed E-state index contributed by atoms with van der Waals surface area (Å²) in [4.78, 5) is 15.9. The van der Waals surface area contributed by atoms with E-state index in [0.29, 0.717) is 36.0 Å². The molecule has 152 valence electrons. The molecule has 1 saturated heterocycles. The number of hydrogen-bond acceptors (Lipinski definition) is 6. The van der Waals surface area contributed by atoms with Crippen LogP contribution in [-0.2, 0) is 17.8 Å². The Bertz CT molecular complexity index is 1030. The first-order valence-corrected chi connectivity index (χ1v) is 10.8. The first-order chi connectivity index (χ1) is 14.2. The van der Waals surface area contributed by atoms with Gasteiger partial charge < -0.3 is 19.5 Å². The molecule has 7 nitrogen and oxygen atoms in total. The Labute approximate surface area is 178 Å². The van der Waals surface area contributed by atoms with Crippen molar-refractivity contribution in [3.8, 4) is 11.1 Å². The van der Waals surface area contributed by atoms with E-state index in [1.54, 1.807) is 0 Å². The van der Waals surface area contributed by atoms with Gasteiger partial charge in [0, 0.05) is 25.2 Å². The van der Waals surface area contributed by atoms with Gasteiger partial charge in [0.2, 0.25) is 0 Å². The fourth-order valence-corrected chi connectivity index (χ4v) is 4.81. The standard InChI is InChI=1S/C20H23N5O2S2/c1-2-25-17(22-23-20(25)28)13-21-18(26)16-12-15(14-6-4-3-5-7-14)19(29-16)24-8-10-27-11-9-24/h3-7,12H,2,8-11,13H2,1H3,(H,21,26)(H,23,28). The van der Waals surface area contributed by atoms with E-state index in [4.69, 9.17) is 17.0 Å². The molecule has 1 amide bonds. The summed E-state index contributed by atoms with van der Waals surface area (Å²) in [6.07, 6.45) is 0. The van der Waals surface area contributed by atoms with Crippen molar-refractivity contribution in [1.82, 2.24) is 20.1 Å². The van der Waals surface area contributed by atoms with Crippen LogP contribution in [0.3, 0.4) is 0 Å². The largest absolute Gasteiger partial charge is 0.378 e. The van der Waals surface area contributed by atoms with Gasteiger partial charge in [-0.25, -0.2) is 0 Å². The molecule has 1 aliphatic rings. The smallest absolute Gasteiger partial charge is 0.261 e. The van der Waals surface area contributed by atoms with Gasteiger partial charge in [0.25, 0.3) is 5.91 Å². The number of anilines is 1. The molecule has 1 aliphatic heterocycles. The topological polar surface area (TPSA) is 75.2 Å². The number of ether oxygens (including phenoxy) is 1. The Morgan fingerprint density at radius 3 is 2.79 bits per heavy atom. The quantitative estimate of drug-likeness (QED) is 0.587. The normalized spacial score (nSPS) is 14.2. The Morgan fingerprint density at radius 1 is 1.31 bits per heavy atom. The van der Waals surface area contributed by atoms with Gasteiger partial charge in [-0.1, -0.05) is 30.3 Å². The van der Waals surface area contributed by atoms with Crippen molar-refractivity contribution in [2.24, 2.45) is 0 Å². The minimum absolute atomic E-state index is 0.108. The maximum atomic E-state index is 12.9. The number of hydrogen-bond donors (Lipinski definition) is 2. The molecule has 3 heterocycles. The van der Waals surface area contributed by atoms with E-state index in [1.165, 1.54) is 11.3 Å².